The zero-order chi connectivity index (χ0) is 27.6. The van der Waals surface area contributed by atoms with Gasteiger partial charge in [-0.25, -0.2) is 0 Å². The van der Waals surface area contributed by atoms with E-state index in [1.54, 1.807) is 84.9 Å². The zero-order valence-corrected chi connectivity index (χ0v) is 21.5. The third kappa shape index (κ3) is 6.45. The van der Waals surface area contributed by atoms with Gasteiger partial charge in [-0.2, -0.15) is 0 Å². The van der Waals surface area contributed by atoms with E-state index in [-0.39, 0.29) is 45.8 Å². The molecule has 187 valence electrons. The third-order valence-corrected chi connectivity index (χ3v) is 7.35. The molecule has 2 aliphatic heterocycles. The van der Waals surface area contributed by atoms with E-state index in [0.29, 0.717) is 11.1 Å². The molecule has 3 aromatic carbocycles. The molecule has 0 bridgehead atoms. The van der Waals surface area contributed by atoms with Crippen LogP contribution in [0.2, 0.25) is 0 Å². The van der Waals surface area contributed by atoms with Crippen LogP contribution in [0.5, 0.6) is 0 Å². The van der Waals surface area contributed by atoms with E-state index >= 15 is 8.39 Å². The summed E-state index contributed by atoms with van der Waals surface area (Å²) < 4.78 is 54.1. The molecule has 0 unspecified atom stereocenters. The molecular formula is C28H16CrF2NO5P+. The molecule has 10 heteroatoms. The van der Waals surface area contributed by atoms with Crippen LogP contribution in [0.15, 0.2) is 84.9 Å². The fourth-order valence-electron chi connectivity index (χ4n) is 3.88. The summed E-state index contributed by atoms with van der Waals surface area (Å²) in [4.78, 5) is 27.0. The second kappa shape index (κ2) is 15.3. The smallest absolute Gasteiger partial charge is 0 e. The monoisotopic (exact) mass is 567 g/mol. The molecule has 0 aromatic heterocycles. The Bertz CT molecular complexity index is 1180. The third-order valence-electron chi connectivity index (χ3n) is 5.37. The maximum Gasteiger partial charge on any atom is 0 e. The summed E-state index contributed by atoms with van der Waals surface area (Å²) in [5.74, 6) is -1.02. The molecule has 1 fully saturated rings. The van der Waals surface area contributed by atoms with Crippen LogP contribution >= 0.6 is 7.88 Å². The van der Waals surface area contributed by atoms with Crippen LogP contribution < -0.4 is 0 Å². The maximum absolute atomic E-state index is 15.8. The first-order valence-electron chi connectivity index (χ1n) is 10.3. The van der Waals surface area contributed by atoms with Crippen molar-refractivity contribution in [3.63, 3.8) is 0 Å². The molecule has 2 aliphatic rings. The van der Waals surface area contributed by atoms with Crippen molar-refractivity contribution in [3.8, 4) is 0 Å². The minimum absolute atomic E-state index is 0. The fraction of sp³-hybridized carbons (Fsp3) is 0. The van der Waals surface area contributed by atoms with E-state index in [1.165, 1.54) is 12.8 Å². The first-order valence-corrected chi connectivity index (χ1v) is 11.9. The number of carbonyl (C=O) groups excluding carboxylic acids is 2. The Labute approximate surface area is 230 Å². The van der Waals surface area contributed by atoms with Gasteiger partial charge in [0.2, 0.25) is 11.3 Å². The minimum Gasteiger partial charge on any atom is 0 e. The molecule has 1 saturated heterocycles. The molecule has 5 rings (SSSR count). The number of imide groups is 1. The Balaban J connectivity index is 0.000000966. The summed E-state index contributed by atoms with van der Waals surface area (Å²) in [5.41, 5.74) is 0.989. The van der Waals surface area contributed by atoms with Crippen molar-refractivity contribution in [2.45, 2.75) is 0 Å². The number of amides is 2. The van der Waals surface area contributed by atoms with Crippen molar-refractivity contribution in [1.82, 2.24) is 4.90 Å². The van der Waals surface area contributed by atoms with Gasteiger partial charge in [-0.1, -0.05) is 72.8 Å². The second-order valence-electron chi connectivity index (χ2n) is 7.22. The van der Waals surface area contributed by atoms with Gasteiger partial charge in [-0.05, 0) is 20.5 Å². The summed E-state index contributed by atoms with van der Waals surface area (Å²) in [6.07, 6.45) is 2.58. The normalized spacial score (nSPS) is 16.2. The van der Waals surface area contributed by atoms with Crippen molar-refractivity contribution in [3.05, 3.63) is 157 Å². The van der Waals surface area contributed by atoms with E-state index in [4.69, 9.17) is 14.0 Å². The Morgan fingerprint density at radius 3 is 1.24 bits per heavy atom. The Hall–Kier alpha value is -3.16. The molecule has 5 radical (unpaired) electrons. The van der Waals surface area contributed by atoms with Crippen molar-refractivity contribution >= 4 is 19.7 Å². The van der Waals surface area contributed by atoms with Gasteiger partial charge < -0.3 is 0 Å². The van der Waals surface area contributed by atoms with Crippen molar-refractivity contribution in [2.24, 2.45) is 0 Å². The van der Waals surface area contributed by atoms with Crippen LogP contribution in [-0.4, -0.2) is 16.7 Å². The molecule has 38 heavy (non-hydrogen) atoms. The van der Waals surface area contributed by atoms with Gasteiger partial charge in [0.25, 0.3) is 11.8 Å². The van der Waals surface area contributed by atoms with Crippen molar-refractivity contribution in [1.29, 1.82) is 0 Å². The van der Waals surface area contributed by atoms with Crippen molar-refractivity contribution in [2.75, 3.05) is 0 Å². The molecule has 2 heterocycles. The topological polar surface area (TPSA) is 97.1 Å². The first kappa shape index (κ1) is 32.9. The SMILES string of the molecule is O=C1c2ccccc2C(=O)N1[C]1[CH][C](c2ccccc2)[P+](F)(F)[C](c2ccccc2)[CH]1.[C-]#[O+].[C-]#[O+].[C-]#[O+].[Cr]. The number of carbonyl (C=O) groups is 2. The zero-order valence-electron chi connectivity index (χ0n) is 19.3. The van der Waals surface area contributed by atoms with E-state index < -0.39 is 19.7 Å². The summed E-state index contributed by atoms with van der Waals surface area (Å²) in [6, 6.07) is 23.4. The molecule has 0 aliphatic carbocycles. The fourth-order valence-corrected chi connectivity index (χ4v) is 5.67. The number of nitrogens with zero attached hydrogens (tertiary/aromatic N) is 1. The minimum atomic E-state index is -4.74. The number of rotatable bonds is 3. The van der Waals surface area contributed by atoms with Gasteiger partial charge in [-0.15, -0.1) is 0 Å². The predicted octanol–water partition coefficient (Wildman–Crippen LogP) is 6.07. The van der Waals surface area contributed by atoms with Crippen LogP contribution in [0.1, 0.15) is 31.8 Å². The summed E-state index contributed by atoms with van der Waals surface area (Å²) in [5, 5.41) is 0. The number of hydrogen-bond donors (Lipinski definition) is 0. The van der Waals surface area contributed by atoms with E-state index in [0.717, 1.165) is 4.90 Å². The van der Waals surface area contributed by atoms with Crippen LogP contribution in [-0.2, 0) is 31.3 Å². The van der Waals surface area contributed by atoms with Crippen LogP contribution in [0.4, 0.5) is 8.39 Å². The van der Waals surface area contributed by atoms with Crippen LogP contribution in [0.3, 0.4) is 0 Å². The quantitative estimate of drug-likeness (QED) is 0.166. The molecule has 0 atom stereocenters. The van der Waals surface area contributed by atoms with E-state index in [1.807, 2.05) is 0 Å². The Morgan fingerprint density at radius 1 is 0.579 bits per heavy atom. The van der Waals surface area contributed by atoms with E-state index in [2.05, 4.69) is 20.0 Å². The molecule has 3 aromatic rings. The molecule has 0 spiro atoms. The van der Waals surface area contributed by atoms with Crippen molar-refractivity contribution < 1.29 is 49.3 Å². The standard InChI is InChI=1S/C25H16F2NO2P.3CO.Cr/c26-31(27)22(17-9-3-1-4-10-17)15-19(16-23(31)18-11-5-2-6-12-18)28-24(29)20-13-7-8-14-21(20)25(28)30;3*1-2;/h1-16H;;;;/q+1;;;;. The molecule has 2 amide bonds. The molecular weight excluding hydrogens is 551 g/mol. The summed E-state index contributed by atoms with van der Waals surface area (Å²) in [6.45, 7) is 13.5. The van der Waals surface area contributed by atoms with Gasteiger partial charge in [-0.3, -0.25) is 14.5 Å². The predicted molar refractivity (Wildman–Crippen MR) is 127 cm³/mol. The summed E-state index contributed by atoms with van der Waals surface area (Å²) in [7, 11) is -4.74. The van der Waals surface area contributed by atoms with Gasteiger partial charge in [0.1, 0.15) is 0 Å². The Morgan fingerprint density at radius 2 is 0.895 bits per heavy atom. The number of benzene rings is 3. The van der Waals surface area contributed by atoms with Gasteiger partial charge in [0.15, 0.2) is 0 Å². The molecule has 0 N–H and O–H groups in total. The first-order chi connectivity index (χ1) is 18.0. The average Bonchev–Trinajstić information content (AvgIpc) is 3.22. The number of halogens is 2. The molecule has 0 saturated carbocycles. The maximum atomic E-state index is 15.8. The largest absolute Gasteiger partial charge is 0 e. The van der Waals surface area contributed by atoms with Crippen LogP contribution in [0, 0.1) is 50.2 Å². The molecule has 6 nitrogen and oxygen atoms in total. The van der Waals surface area contributed by atoms with Gasteiger partial charge in [0, 0.05) is 28.5 Å². The van der Waals surface area contributed by atoms with Crippen LogP contribution in [0.25, 0.3) is 0 Å². The Kier molecular flexibility index (Phi) is 13.2. The number of hydrogen-bond acceptors (Lipinski definition) is 2. The van der Waals surface area contributed by atoms with E-state index in [9.17, 15) is 9.59 Å². The van der Waals surface area contributed by atoms with Gasteiger partial charge >= 0.3 is 41.8 Å². The van der Waals surface area contributed by atoms with Gasteiger partial charge in [0.05, 0.1) is 30.0 Å². The second-order valence-corrected chi connectivity index (χ2v) is 9.21. The number of fused-ring (bicyclic) bond motifs is 1. The summed E-state index contributed by atoms with van der Waals surface area (Å²) >= 11 is 0. The average molecular weight is 567 g/mol.